The van der Waals surface area contributed by atoms with Crippen LogP contribution in [0.1, 0.15) is 15.9 Å². The molecule has 33 heavy (non-hydrogen) atoms. The molecule has 2 N–H and O–H groups in total. The van der Waals surface area contributed by atoms with E-state index in [1.807, 2.05) is 0 Å². The third-order valence-corrected chi connectivity index (χ3v) is 5.29. The average Bonchev–Trinajstić information content (AvgIpc) is 2.78. The van der Waals surface area contributed by atoms with Crippen molar-refractivity contribution in [2.45, 2.75) is 12.2 Å². The minimum atomic E-state index is -4.92. The highest BCUT2D eigenvalue weighted by molar-refractivity contribution is 6.33. The summed E-state index contributed by atoms with van der Waals surface area (Å²) in [5, 5.41) is 12.5. The maximum absolute atomic E-state index is 13.6. The van der Waals surface area contributed by atoms with Crippen molar-refractivity contribution in [1.29, 1.82) is 0 Å². The molecule has 0 spiro atoms. The predicted octanol–water partition coefficient (Wildman–Crippen LogP) is 5.04. The number of para-hydroxylation sites is 1. The second-order valence-corrected chi connectivity index (χ2v) is 7.53. The van der Waals surface area contributed by atoms with Crippen molar-refractivity contribution < 1.29 is 32.2 Å². The lowest BCUT2D eigenvalue weighted by Gasteiger charge is -2.37. The van der Waals surface area contributed by atoms with Crippen LogP contribution in [0.2, 0.25) is 5.02 Å². The largest absolute Gasteiger partial charge is 0.488 e. The van der Waals surface area contributed by atoms with E-state index in [0.29, 0.717) is 28.7 Å². The molecule has 1 aromatic heterocycles. The SMILES string of the molecule is O=C(Nc1ccc(F)c(C(F)(F)F)c1)c1cccc2c1OCC(CO)N2c1ncccc1Cl. The number of carbonyl (C=O) groups excluding carboxylic acids is 1. The first-order chi connectivity index (χ1) is 15.7. The highest BCUT2D eigenvalue weighted by atomic mass is 35.5. The quantitative estimate of drug-likeness (QED) is 0.511. The zero-order chi connectivity index (χ0) is 23.8. The van der Waals surface area contributed by atoms with E-state index in [4.69, 9.17) is 16.3 Å². The van der Waals surface area contributed by atoms with Gasteiger partial charge in [0, 0.05) is 11.9 Å². The zero-order valence-electron chi connectivity index (χ0n) is 16.7. The zero-order valence-corrected chi connectivity index (χ0v) is 17.5. The van der Waals surface area contributed by atoms with Crippen LogP contribution in [0.4, 0.5) is 34.8 Å². The van der Waals surface area contributed by atoms with E-state index in [9.17, 15) is 27.5 Å². The van der Waals surface area contributed by atoms with Gasteiger partial charge < -0.3 is 20.1 Å². The lowest BCUT2D eigenvalue weighted by Crippen LogP contribution is -2.43. The molecule has 172 valence electrons. The number of hydrogen-bond acceptors (Lipinski definition) is 5. The van der Waals surface area contributed by atoms with E-state index in [1.54, 1.807) is 29.2 Å². The fourth-order valence-electron chi connectivity index (χ4n) is 3.49. The van der Waals surface area contributed by atoms with Gasteiger partial charge in [0.25, 0.3) is 5.91 Å². The van der Waals surface area contributed by atoms with Crippen molar-refractivity contribution in [3.05, 3.63) is 76.7 Å². The third-order valence-electron chi connectivity index (χ3n) is 4.99. The van der Waals surface area contributed by atoms with Gasteiger partial charge in [-0.15, -0.1) is 0 Å². The van der Waals surface area contributed by atoms with Crippen LogP contribution < -0.4 is 15.0 Å². The van der Waals surface area contributed by atoms with E-state index in [0.717, 1.165) is 6.07 Å². The summed E-state index contributed by atoms with van der Waals surface area (Å²) < 4.78 is 58.3. The number of fused-ring (bicyclic) bond motifs is 1. The predicted molar refractivity (Wildman–Crippen MR) is 114 cm³/mol. The summed E-state index contributed by atoms with van der Waals surface area (Å²) in [5.41, 5.74) is -1.31. The number of rotatable bonds is 4. The number of nitrogens with zero attached hydrogens (tertiary/aromatic N) is 2. The summed E-state index contributed by atoms with van der Waals surface area (Å²) in [6.45, 7) is -0.298. The number of alkyl halides is 3. The lowest BCUT2D eigenvalue weighted by atomic mass is 10.1. The molecule has 1 aliphatic rings. The number of amides is 1. The Hall–Kier alpha value is -3.37. The van der Waals surface area contributed by atoms with Gasteiger partial charge in [-0.1, -0.05) is 17.7 Å². The number of aliphatic hydroxyl groups excluding tert-OH is 1. The number of ether oxygens (including phenoxy) is 1. The van der Waals surface area contributed by atoms with Crippen molar-refractivity contribution in [3.8, 4) is 5.75 Å². The highest BCUT2D eigenvalue weighted by Gasteiger charge is 2.35. The molecule has 0 aliphatic carbocycles. The van der Waals surface area contributed by atoms with E-state index in [1.165, 1.54) is 12.3 Å². The van der Waals surface area contributed by atoms with Crippen molar-refractivity contribution in [2.75, 3.05) is 23.4 Å². The molecule has 1 aliphatic heterocycles. The number of carbonyl (C=O) groups is 1. The smallest absolute Gasteiger partial charge is 0.419 e. The Labute approximate surface area is 190 Å². The molecule has 1 atom stereocenters. The van der Waals surface area contributed by atoms with E-state index < -0.39 is 29.5 Å². The molecule has 2 aromatic carbocycles. The van der Waals surface area contributed by atoms with Crippen molar-refractivity contribution in [3.63, 3.8) is 0 Å². The first-order valence-electron chi connectivity index (χ1n) is 9.65. The van der Waals surface area contributed by atoms with Crippen molar-refractivity contribution in [1.82, 2.24) is 4.98 Å². The summed E-state index contributed by atoms with van der Waals surface area (Å²) in [7, 11) is 0. The number of halogens is 5. The summed E-state index contributed by atoms with van der Waals surface area (Å²) in [5.74, 6) is -1.73. The maximum Gasteiger partial charge on any atom is 0.419 e. The first-order valence-corrected chi connectivity index (χ1v) is 10.0. The molecule has 6 nitrogen and oxygen atoms in total. The third kappa shape index (κ3) is 4.44. The van der Waals surface area contributed by atoms with Crippen LogP contribution >= 0.6 is 11.6 Å². The number of nitrogens with one attached hydrogen (secondary N) is 1. The Balaban J connectivity index is 1.71. The lowest BCUT2D eigenvalue weighted by molar-refractivity contribution is -0.139. The number of benzene rings is 2. The number of aliphatic hydroxyl groups is 1. The van der Waals surface area contributed by atoms with Crippen LogP contribution in [-0.2, 0) is 6.18 Å². The summed E-state index contributed by atoms with van der Waals surface area (Å²) in [6, 6.07) is 9.51. The summed E-state index contributed by atoms with van der Waals surface area (Å²) in [6.07, 6.45) is -3.39. The summed E-state index contributed by atoms with van der Waals surface area (Å²) in [4.78, 5) is 18.8. The number of pyridine rings is 1. The van der Waals surface area contributed by atoms with Crippen LogP contribution in [0.5, 0.6) is 5.75 Å². The van der Waals surface area contributed by atoms with Gasteiger partial charge in [0.05, 0.1) is 34.5 Å². The van der Waals surface area contributed by atoms with Crippen LogP contribution in [0.15, 0.2) is 54.7 Å². The van der Waals surface area contributed by atoms with Gasteiger partial charge in [0.15, 0.2) is 11.6 Å². The van der Waals surface area contributed by atoms with Gasteiger partial charge in [-0.05, 0) is 42.5 Å². The van der Waals surface area contributed by atoms with E-state index in [-0.39, 0.29) is 30.2 Å². The molecule has 0 saturated carbocycles. The fourth-order valence-corrected chi connectivity index (χ4v) is 3.70. The van der Waals surface area contributed by atoms with E-state index >= 15 is 0 Å². The topological polar surface area (TPSA) is 74.7 Å². The van der Waals surface area contributed by atoms with Crippen LogP contribution in [0.3, 0.4) is 0 Å². The molecule has 1 unspecified atom stereocenters. The van der Waals surface area contributed by atoms with E-state index in [2.05, 4.69) is 10.3 Å². The molecule has 2 heterocycles. The molecule has 0 radical (unpaired) electrons. The average molecular weight is 482 g/mol. The Morgan fingerprint density at radius 3 is 2.73 bits per heavy atom. The maximum atomic E-state index is 13.6. The Morgan fingerprint density at radius 1 is 1.24 bits per heavy atom. The van der Waals surface area contributed by atoms with Crippen molar-refractivity contribution in [2.24, 2.45) is 0 Å². The normalized spacial score (nSPS) is 15.6. The van der Waals surface area contributed by atoms with Crippen LogP contribution in [0.25, 0.3) is 0 Å². The molecule has 0 fully saturated rings. The van der Waals surface area contributed by atoms with Gasteiger partial charge in [-0.3, -0.25) is 4.79 Å². The molecular formula is C22H16ClF4N3O3. The standard InChI is InChI=1S/C22H16ClF4N3O3/c23-16-4-2-8-28-20(16)30-13(10-31)11-33-19-14(3-1-5-18(19)30)21(32)29-12-6-7-17(24)15(9-12)22(25,26)27/h1-9,13,31H,10-11H2,(H,29,32). The fraction of sp³-hybridized carbons (Fsp3) is 0.182. The molecule has 0 bridgehead atoms. The number of anilines is 3. The van der Waals surface area contributed by atoms with Crippen LogP contribution in [-0.4, -0.2) is 35.3 Å². The van der Waals surface area contributed by atoms with Gasteiger partial charge in [0.2, 0.25) is 0 Å². The Bertz CT molecular complexity index is 1210. The van der Waals surface area contributed by atoms with Crippen molar-refractivity contribution >= 4 is 34.7 Å². The molecule has 11 heteroatoms. The second kappa shape index (κ2) is 8.87. The Kier molecular flexibility index (Phi) is 6.13. The molecular weight excluding hydrogens is 466 g/mol. The minimum absolute atomic E-state index is 0.00450. The van der Waals surface area contributed by atoms with Crippen LogP contribution in [0, 0.1) is 5.82 Å². The number of hydrogen-bond donors (Lipinski definition) is 2. The minimum Gasteiger partial charge on any atom is -0.488 e. The molecule has 4 rings (SSSR count). The summed E-state index contributed by atoms with van der Waals surface area (Å²) >= 11 is 6.29. The van der Waals surface area contributed by atoms with Gasteiger partial charge in [-0.2, -0.15) is 13.2 Å². The van der Waals surface area contributed by atoms with Gasteiger partial charge in [0.1, 0.15) is 12.4 Å². The highest BCUT2D eigenvalue weighted by Crippen LogP contribution is 2.42. The molecule has 3 aromatic rings. The Morgan fingerprint density at radius 2 is 2.03 bits per heavy atom. The monoisotopic (exact) mass is 481 g/mol. The molecule has 1 amide bonds. The number of aromatic nitrogens is 1. The molecule has 0 saturated heterocycles. The van der Waals surface area contributed by atoms with Gasteiger partial charge in [-0.25, -0.2) is 9.37 Å². The van der Waals surface area contributed by atoms with Gasteiger partial charge >= 0.3 is 6.18 Å². The second-order valence-electron chi connectivity index (χ2n) is 7.13. The first kappa shape index (κ1) is 22.8.